The molecule has 0 bridgehead atoms. The zero-order chi connectivity index (χ0) is 19.5. The first-order valence-electron chi connectivity index (χ1n) is 8.06. The summed E-state index contributed by atoms with van der Waals surface area (Å²) in [4.78, 5) is 35.0. The predicted molar refractivity (Wildman–Crippen MR) is 99.4 cm³/mol. The largest absolute Gasteiger partial charge is 0.347 e. The Balaban J connectivity index is 2.15. The van der Waals surface area contributed by atoms with Gasteiger partial charge in [-0.3, -0.25) is 19.7 Å². The second-order valence-electron chi connectivity index (χ2n) is 6.94. The van der Waals surface area contributed by atoms with E-state index in [9.17, 15) is 19.7 Å². The Morgan fingerprint density at radius 1 is 1.00 bits per heavy atom. The number of carbonyl (C=O) groups excluding carboxylic acids is 2. The van der Waals surface area contributed by atoms with E-state index in [0.717, 1.165) is 0 Å². The summed E-state index contributed by atoms with van der Waals surface area (Å²) in [7, 11) is 0. The van der Waals surface area contributed by atoms with Gasteiger partial charge >= 0.3 is 0 Å². The van der Waals surface area contributed by atoms with Crippen molar-refractivity contribution < 1.29 is 14.5 Å². The average Bonchev–Trinajstić information content (AvgIpc) is 2.53. The monoisotopic (exact) mass is 355 g/mol. The molecule has 0 aliphatic heterocycles. The fraction of sp³-hybridized carbons (Fsp3) is 0.263. The molecule has 0 radical (unpaired) electrons. The summed E-state index contributed by atoms with van der Waals surface area (Å²) < 4.78 is 0. The molecule has 0 aromatic heterocycles. The minimum Gasteiger partial charge on any atom is -0.347 e. The molecule has 0 aliphatic rings. The third-order valence-electron chi connectivity index (χ3n) is 3.64. The maximum Gasteiger partial charge on any atom is 0.273 e. The lowest BCUT2D eigenvalue weighted by Crippen LogP contribution is -2.40. The first kappa shape index (κ1) is 19.1. The van der Waals surface area contributed by atoms with Crippen LogP contribution in [0.15, 0.2) is 42.5 Å². The Hall–Kier alpha value is -3.22. The van der Waals surface area contributed by atoms with Crippen molar-refractivity contribution in [2.24, 2.45) is 0 Å². The van der Waals surface area contributed by atoms with Gasteiger partial charge in [-0.25, -0.2) is 0 Å². The summed E-state index contributed by atoms with van der Waals surface area (Å²) in [5, 5.41) is 16.5. The van der Waals surface area contributed by atoms with Crippen molar-refractivity contribution >= 4 is 23.2 Å². The van der Waals surface area contributed by atoms with Crippen molar-refractivity contribution in [3.8, 4) is 0 Å². The van der Waals surface area contributed by atoms with Crippen LogP contribution in [0, 0.1) is 17.0 Å². The number of carbonyl (C=O) groups is 2. The van der Waals surface area contributed by atoms with Gasteiger partial charge < -0.3 is 10.6 Å². The van der Waals surface area contributed by atoms with Crippen molar-refractivity contribution in [1.82, 2.24) is 5.32 Å². The van der Waals surface area contributed by atoms with Gasteiger partial charge in [0.15, 0.2) is 0 Å². The molecule has 7 heteroatoms. The Morgan fingerprint density at radius 3 is 2.15 bits per heavy atom. The number of nitrogens with zero attached hydrogens (tertiary/aromatic N) is 1. The number of benzene rings is 2. The van der Waals surface area contributed by atoms with E-state index in [4.69, 9.17) is 0 Å². The van der Waals surface area contributed by atoms with Crippen LogP contribution in [0.1, 0.15) is 47.1 Å². The molecule has 2 rings (SSSR count). The molecular weight excluding hydrogens is 334 g/mol. The molecular formula is C19H21N3O4. The Morgan fingerprint density at radius 2 is 1.62 bits per heavy atom. The summed E-state index contributed by atoms with van der Waals surface area (Å²) in [6.07, 6.45) is 0. The zero-order valence-corrected chi connectivity index (χ0v) is 15.1. The first-order valence-corrected chi connectivity index (χ1v) is 8.06. The van der Waals surface area contributed by atoms with Gasteiger partial charge in [0.1, 0.15) is 0 Å². The predicted octanol–water partition coefficient (Wildman–Crippen LogP) is 3.68. The van der Waals surface area contributed by atoms with Gasteiger partial charge in [-0.2, -0.15) is 0 Å². The summed E-state index contributed by atoms with van der Waals surface area (Å²) in [6, 6.07) is 10.8. The van der Waals surface area contributed by atoms with E-state index in [1.54, 1.807) is 24.3 Å². The molecule has 0 saturated heterocycles. The SMILES string of the molecule is Cc1c(C(=O)Nc2ccc(C(=O)NC(C)(C)C)cc2)cccc1[N+](=O)[O-]. The fourth-order valence-corrected chi connectivity index (χ4v) is 2.38. The maximum absolute atomic E-state index is 12.4. The van der Waals surface area contributed by atoms with Crippen LogP contribution < -0.4 is 10.6 Å². The molecule has 0 spiro atoms. The molecule has 2 amide bonds. The third-order valence-corrected chi connectivity index (χ3v) is 3.64. The number of nitrogens with one attached hydrogen (secondary N) is 2. The number of nitro benzene ring substituents is 1. The highest BCUT2D eigenvalue weighted by atomic mass is 16.6. The van der Waals surface area contributed by atoms with Crippen LogP contribution in [0.2, 0.25) is 0 Å². The van der Waals surface area contributed by atoms with Crippen LogP contribution in [-0.2, 0) is 0 Å². The lowest BCUT2D eigenvalue weighted by Gasteiger charge is -2.20. The van der Waals surface area contributed by atoms with Crippen LogP contribution in [0.3, 0.4) is 0 Å². The molecule has 7 nitrogen and oxygen atoms in total. The van der Waals surface area contributed by atoms with Gasteiger partial charge in [0.25, 0.3) is 17.5 Å². The van der Waals surface area contributed by atoms with E-state index in [1.165, 1.54) is 25.1 Å². The normalized spacial score (nSPS) is 10.9. The van der Waals surface area contributed by atoms with E-state index >= 15 is 0 Å². The summed E-state index contributed by atoms with van der Waals surface area (Å²) in [5.41, 5.74) is 1.05. The van der Waals surface area contributed by atoms with Crippen LogP contribution in [-0.4, -0.2) is 22.3 Å². The molecule has 2 N–H and O–H groups in total. The van der Waals surface area contributed by atoms with Crippen molar-refractivity contribution in [1.29, 1.82) is 0 Å². The molecule has 0 saturated carbocycles. The third kappa shape index (κ3) is 4.66. The highest BCUT2D eigenvalue weighted by Gasteiger charge is 2.18. The quantitative estimate of drug-likeness (QED) is 0.645. The van der Waals surface area contributed by atoms with Gasteiger partial charge in [-0.1, -0.05) is 6.07 Å². The van der Waals surface area contributed by atoms with Gasteiger partial charge in [-0.15, -0.1) is 0 Å². The summed E-state index contributed by atoms with van der Waals surface area (Å²) >= 11 is 0. The van der Waals surface area contributed by atoms with Gasteiger partial charge in [0, 0.05) is 34.0 Å². The van der Waals surface area contributed by atoms with Gasteiger partial charge in [0.05, 0.1) is 4.92 Å². The molecule has 0 atom stereocenters. The smallest absolute Gasteiger partial charge is 0.273 e. The average molecular weight is 355 g/mol. The van der Waals surface area contributed by atoms with Crippen molar-refractivity contribution in [3.05, 3.63) is 69.3 Å². The van der Waals surface area contributed by atoms with Gasteiger partial charge in [-0.05, 0) is 58.0 Å². The molecule has 2 aromatic carbocycles. The second-order valence-corrected chi connectivity index (χ2v) is 6.94. The highest BCUT2D eigenvalue weighted by Crippen LogP contribution is 2.22. The van der Waals surface area contributed by atoms with Crippen molar-refractivity contribution in [3.63, 3.8) is 0 Å². The number of anilines is 1. The van der Waals surface area contributed by atoms with Crippen LogP contribution in [0.25, 0.3) is 0 Å². The zero-order valence-electron chi connectivity index (χ0n) is 15.1. The Kier molecular flexibility index (Phi) is 5.40. The fourth-order valence-electron chi connectivity index (χ4n) is 2.38. The van der Waals surface area contributed by atoms with Crippen LogP contribution in [0.5, 0.6) is 0 Å². The molecule has 0 unspecified atom stereocenters. The van der Waals surface area contributed by atoms with E-state index < -0.39 is 10.8 Å². The highest BCUT2D eigenvalue weighted by molar-refractivity contribution is 6.06. The van der Waals surface area contributed by atoms with E-state index in [-0.39, 0.29) is 22.7 Å². The Bertz CT molecular complexity index is 852. The van der Waals surface area contributed by atoms with Crippen LogP contribution in [0.4, 0.5) is 11.4 Å². The van der Waals surface area contributed by atoms with E-state index in [0.29, 0.717) is 16.8 Å². The minimum absolute atomic E-state index is 0.105. The van der Waals surface area contributed by atoms with Gasteiger partial charge in [0.2, 0.25) is 0 Å². The number of rotatable bonds is 4. The summed E-state index contributed by atoms with van der Waals surface area (Å²) in [5.74, 6) is -0.650. The topological polar surface area (TPSA) is 101 Å². The molecule has 26 heavy (non-hydrogen) atoms. The molecule has 0 aliphatic carbocycles. The minimum atomic E-state index is -0.519. The van der Waals surface area contributed by atoms with Crippen molar-refractivity contribution in [2.75, 3.05) is 5.32 Å². The molecule has 0 fully saturated rings. The van der Waals surface area contributed by atoms with E-state index in [2.05, 4.69) is 10.6 Å². The van der Waals surface area contributed by atoms with Crippen molar-refractivity contribution in [2.45, 2.75) is 33.2 Å². The number of hydrogen-bond acceptors (Lipinski definition) is 4. The Labute approximate surface area is 151 Å². The number of nitro groups is 1. The first-order chi connectivity index (χ1) is 12.1. The standard InChI is InChI=1S/C19H21N3O4/c1-12-15(6-5-7-16(12)22(25)26)18(24)20-14-10-8-13(9-11-14)17(23)21-19(2,3)4/h5-11H,1-4H3,(H,20,24)(H,21,23). The summed E-state index contributed by atoms with van der Waals surface area (Å²) in [6.45, 7) is 7.20. The lowest BCUT2D eigenvalue weighted by atomic mass is 10.1. The second kappa shape index (κ2) is 7.35. The molecule has 0 heterocycles. The number of hydrogen-bond donors (Lipinski definition) is 2. The molecule has 136 valence electrons. The van der Waals surface area contributed by atoms with E-state index in [1.807, 2.05) is 20.8 Å². The lowest BCUT2D eigenvalue weighted by molar-refractivity contribution is -0.385. The molecule has 2 aromatic rings. The number of amides is 2. The van der Waals surface area contributed by atoms with Crippen LogP contribution >= 0.6 is 0 Å². The maximum atomic E-state index is 12.4.